The SMILES string of the molecule is CCCCC(CC(=O)Nc1cc(C(=O)O)ccc1C(C)(C)C)c1cc(Cl)c(OCCCS(=O)(=O)CCC)cc1OC. The smallest absolute Gasteiger partial charge is 0.335 e. The Bertz CT molecular complexity index is 1300. The zero-order valence-corrected chi connectivity index (χ0v) is 26.6. The van der Waals surface area contributed by atoms with Gasteiger partial charge in [-0.15, -0.1) is 0 Å². The number of benzene rings is 2. The third kappa shape index (κ3) is 10.5. The molecular weight excluding hydrogens is 566 g/mol. The average molecular weight is 610 g/mol. The van der Waals surface area contributed by atoms with Crippen molar-refractivity contribution in [2.24, 2.45) is 0 Å². The van der Waals surface area contributed by atoms with Crippen LogP contribution in [-0.2, 0) is 20.0 Å². The summed E-state index contributed by atoms with van der Waals surface area (Å²) < 4.78 is 35.4. The summed E-state index contributed by atoms with van der Waals surface area (Å²) in [5, 5.41) is 12.8. The Labute approximate surface area is 249 Å². The first-order valence-electron chi connectivity index (χ1n) is 14.1. The Morgan fingerprint density at radius 3 is 2.32 bits per heavy atom. The van der Waals surface area contributed by atoms with Crippen LogP contribution in [0.3, 0.4) is 0 Å². The first kappa shape index (κ1) is 34.4. The number of methoxy groups -OCH3 is 1. The zero-order chi connectivity index (χ0) is 30.8. The summed E-state index contributed by atoms with van der Waals surface area (Å²) in [6.07, 6.45) is 3.60. The highest BCUT2D eigenvalue weighted by Gasteiger charge is 2.25. The molecule has 0 spiro atoms. The van der Waals surface area contributed by atoms with Crippen LogP contribution >= 0.6 is 11.6 Å². The van der Waals surface area contributed by atoms with Gasteiger partial charge in [-0.2, -0.15) is 0 Å². The van der Waals surface area contributed by atoms with Gasteiger partial charge in [-0.3, -0.25) is 4.79 Å². The van der Waals surface area contributed by atoms with Gasteiger partial charge in [0.05, 0.1) is 30.1 Å². The second-order valence-electron chi connectivity index (χ2n) is 11.3. The van der Waals surface area contributed by atoms with Crippen molar-refractivity contribution in [1.29, 1.82) is 0 Å². The number of sulfone groups is 1. The van der Waals surface area contributed by atoms with Crippen LogP contribution in [0.5, 0.6) is 11.5 Å². The molecule has 0 aromatic heterocycles. The fourth-order valence-electron chi connectivity index (χ4n) is 4.71. The number of nitrogens with one attached hydrogen (secondary N) is 1. The summed E-state index contributed by atoms with van der Waals surface area (Å²) in [5.41, 5.74) is 1.88. The number of amides is 1. The lowest BCUT2D eigenvalue weighted by Gasteiger charge is -2.25. The maximum Gasteiger partial charge on any atom is 0.335 e. The monoisotopic (exact) mass is 609 g/mol. The Balaban J connectivity index is 2.28. The van der Waals surface area contributed by atoms with Gasteiger partial charge in [0, 0.05) is 23.9 Å². The number of aromatic carboxylic acids is 1. The summed E-state index contributed by atoms with van der Waals surface area (Å²) in [6, 6.07) is 8.22. The second kappa shape index (κ2) is 15.4. The van der Waals surface area contributed by atoms with E-state index >= 15 is 0 Å². The predicted octanol–water partition coefficient (Wildman–Crippen LogP) is 7.24. The van der Waals surface area contributed by atoms with E-state index < -0.39 is 15.8 Å². The zero-order valence-electron chi connectivity index (χ0n) is 25.0. The Kier molecular flexibility index (Phi) is 13.0. The quantitative estimate of drug-likeness (QED) is 0.192. The molecule has 0 radical (unpaired) electrons. The maximum absolute atomic E-state index is 13.4. The van der Waals surface area contributed by atoms with Gasteiger partial charge < -0.3 is 19.9 Å². The second-order valence-corrected chi connectivity index (χ2v) is 14.0. The number of carbonyl (C=O) groups excluding carboxylic acids is 1. The number of ether oxygens (including phenoxy) is 2. The van der Waals surface area contributed by atoms with Crippen molar-refractivity contribution in [2.45, 2.75) is 84.5 Å². The van der Waals surface area contributed by atoms with Crippen molar-refractivity contribution >= 4 is 39.0 Å². The molecule has 2 aromatic rings. The molecule has 0 heterocycles. The Hall–Kier alpha value is -2.78. The first-order chi connectivity index (χ1) is 19.2. The van der Waals surface area contributed by atoms with Crippen LogP contribution < -0.4 is 14.8 Å². The van der Waals surface area contributed by atoms with Crippen LogP contribution in [0.25, 0.3) is 0 Å². The van der Waals surface area contributed by atoms with Crippen LogP contribution in [0.1, 0.15) is 101 Å². The van der Waals surface area contributed by atoms with E-state index in [2.05, 4.69) is 12.2 Å². The molecule has 0 saturated heterocycles. The normalized spacial score (nSPS) is 12.6. The molecule has 0 aliphatic heterocycles. The number of rotatable bonds is 16. The molecule has 0 bridgehead atoms. The number of hydrogen-bond donors (Lipinski definition) is 2. The van der Waals surface area contributed by atoms with Crippen molar-refractivity contribution in [3.8, 4) is 11.5 Å². The molecule has 2 aromatic carbocycles. The number of anilines is 1. The molecular formula is C31H44ClNO7S. The van der Waals surface area contributed by atoms with E-state index in [-0.39, 0.29) is 47.3 Å². The highest BCUT2D eigenvalue weighted by atomic mass is 35.5. The molecule has 1 unspecified atom stereocenters. The molecule has 228 valence electrons. The third-order valence-corrected chi connectivity index (χ3v) is 9.02. The number of carbonyl (C=O) groups is 2. The molecule has 10 heteroatoms. The molecule has 1 amide bonds. The molecule has 41 heavy (non-hydrogen) atoms. The van der Waals surface area contributed by atoms with Crippen LogP contribution in [0, 0.1) is 0 Å². The molecule has 8 nitrogen and oxygen atoms in total. The largest absolute Gasteiger partial charge is 0.496 e. The minimum Gasteiger partial charge on any atom is -0.496 e. The van der Waals surface area contributed by atoms with E-state index in [0.717, 1.165) is 24.0 Å². The highest BCUT2D eigenvalue weighted by molar-refractivity contribution is 7.91. The van der Waals surface area contributed by atoms with Gasteiger partial charge in [0.25, 0.3) is 0 Å². The maximum atomic E-state index is 13.4. The minimum atomic E-state index is -3.09. The van der Waals surface area contributed by atoms with Gasteiger partial charge >= 0.3 is 5.97 Å². The van der Waals surface area contributed by atoms with Gasteiger partial charge in [0.2, 0.25) is 5.91 Å². The van der Waals surface area contributed by atoms with Crippen LogP contribution in [0.15, 0.2) is 30.3 Å². The lowest BCUT2D eigenvalue weighted by molar-refractivity contribution is -0.116. The summed E-state index contributed by atoms with van der Waals surface area (Å²) in [7, 11) is -1.55. The van der Waals surface area contributed by atoms with Crippen molar-refractivity contribution in [1.82, 2.24) is 0 Å². The number of halogens is 1. The van der Waals surface area contributed by atoms with Crippen molar-refractivity contribution in [3.05, 3.63) is 52.0 Å². The summed E-state index contributed by atoms with van der Waals surface area (Å²) in [5.74, 6) is -0.396. The van der Waals surface area contributed by atoms with Crippen LogP contribution in [0.2, 0.25) is 5.02 Å². The topological polar surface area (TPSA) is 119 Å². The first-order valence-corrected chi connectivity index (χ1v) is 16.3. The number of hydrogen-bond acceptors (Lipinski definition) is 6. The van der Waals surface area contributed by atoms with Crippen LogP contribution in [-0.4, -0.2) is 50.6 Å². The van der Waals surface area contributed by atoms with Crippen molar-refractivity contribution in [2.75, 3.05) is 30.5 Å². The van der Waals surface area contributed by atoms with E-state index in [1.807, 2.05) is 27.7 Å². The fourth-order valence-corrected chi connectivity index (χ4v) is 6.32. The standard InChI is InChI=1S/C31H44ClNO7S/c1-7-9-11-21(18-29(34)33-26-17-22(30(35)36)12-13-24(26)31(3,4)5)23-19-25(32)28(20-27(23)39-6)40-14-10-16-41(37,38)15-8-2/h12-13,17,19-21H,7-11,14-16,18H2,1-6H3,(H,33,34)(H,35,36). The molecule has 0 aliphatic rings. The van der Waals surface area contributed by atoms with Crippen molar-refractivity contribution in [3.63, 3.8) is 0 Å². The molecule has 0 saturated carbocycles. The molecule has 0 aliphatic carbocycles. The van der Waals surface area contributed by atoms with Crippen molar-refractivity contribution < 1.29 is 32.6 Å². The van der Waals surface area contributed by atoms with Gasteiger partial charge in [0.15, 0.2) is 0 Å². The molecule has 2 N–H and O–H groups in total. The van der Waals surface area contributed by atoms with E-state index in [4.69, 9.17) is 21.1 Å². The molecule has 0 fully saturated rings. The van der Waals surface area contributed by atoms with Gasteiger partial charge in [-0.1, -0.05) is 65.1 Å². The number of carboxylic acid groups (broad SMARTS) is 1. The van der Waals surface area contributed by atoms with E-state index in [9.17, 15) is 23.1 Å². The number of unbranched alkanes of at least 4 members (excludes halogenated alkanes) is 1. The fraction of sp³-hybridized carbons (Fsp3) is 0.548. The Morgan fingerprint density at radius 1 is 1.02 bits per heavy atom. The summed E-state index contributed by atoms with van der Waals surface area (Å²) in [4.78, 5) is 25.0. The lowest BCUT2D eigenvalue weighted by Crippen LogP contribution is -2.21. The van der Waals surface area contributed by atoms with E-state index in [0.29, 0.717) is 41.5 Å². The van der Waals surface area contributed by atoms with E-state index in [1.54, 1.807) is 24.3 Å². The van der Waals surface area contributed by atoms with Gasteiger partial charge in [-0.05, 0) is 59.9 Å². The van der Waals surface area contributed by atoms with Gasteiger partial charge in [-0.25, -0.2) is 13.2 Å². The molecule has 1 atom stereocenters. The third-order valence-electron chi connectivity index (χ3n) is 6.78. The predicted molar refractivity (Wildman–Crippen MR) is 165 cm³/mol. The van der Waals surface area contributed by atoms with Crippen LogP contribution in [0.4, 0.5) is 5.69 Å². The minimum absolute atomic E-state index is 0.0498. The average Bonchev–Trinajstić information content (AvgIpc) is 2.88. The lowest BCUT2D eigenvalue weighted by atomic mass is 9.85. The molecule has 2 rings (SSSR count). The van der Waals surface area contributed by atoms with Gasteiger partial charge in [0.1, 0.15) is 21.3 Å². The summed E-state index contributed by atoms with van der Waals surface area (Å²) in [6.45, 7) is 10.1. The highest BCUT2D eigenvalue weighted by Crippen LogP contribution is 2.40. The van der Waals surface area contributed by atoms with E-state index in [1.165, 1.54) is 13.2 Å². The Morgan fingerprint density at radius 2 is 1.73 bits per heavy atom. The summed E-state index contributed by atoms with van der Waals surface area (Å²) >= 11 is 6.58. The number of carboxylic acids is 1.